The molecule has 2 heterocycles. The molecule has 1 amide bonds. The summed E-state index contributed by atoms with van der Waals surface area (Å²) in [6.07, 6.45) is 4.13. The topological polar surface area (TPSA) is 58.1 Å². The van der Waals surface area contributed by atoms with Crippen LogP contribution in [0.4, 0.5) is 5.95 Å². The van der Waals surface area contributed by atoms with Crippen LogP contribution in [0.15, 0.2) is 41.0 Å². The summed E-state index contributed by atoms with van der Waals surface area (Å²) < 4.78 is 0.954. The van der Waals surface area contributed by atoms with Gasteiger partial charge in [0.2, 0.25) is 5.95 Å². The Morgan fingerprint density at radius 1 is 1.18 bits per heavy atom. The van der Waals surface area contributed by atoms with Crippen molar-refractivity contribution in [2.24, 2.45) is 0 Å². The predicted molar refractivity (Wildman–Crippen MR) is 88.8 cm³/mol. The van der Waals surface area contributed by atoms with E-state index in [0.29, 0.717) is 12.1 Å². The van der Waals surface area contributed by atoms with E-state index in [1.165, 1.54) is 12.8 Å². The van der Waals surface area contributed by atoms with Gasteiger partial charge in [0.15, 0.2) is 0 Å². The highest BCUT2D eigenvalue weighted by Gasteiger charge is 2.15. The zero-order valence-corrected chi connectivity index (χ0v) is 13.7. The van der Waals surface area contributed by atoms with Crippen molar-refractivity contribution in [3.63, 3.8) is 0 Å². The number of amides is 1. The van der Waals surface area contributed by atoms with Gasteiger partial charge in [0.05, 0.1) is 12.2 Å². The lowest BCUT2D eigenvalue weighted by atomic mass is 10.2. The van der Waals surface area contributed by atoms with Gasteiger partial charge in [-0.15, -0.1) is 0 Å². The minimum atomic E-state index is -0.103. The van der Waals surface area contributed by atoms with Crippen molar-refractivity contribution in [1.82, 2.24) is 15.3 Å². The third-order valence-electron chi connectivity index (χ3n) is 3.63. The lowest BCUT2D eigenvalue weighted by Gasteiger charge is -2.15. The van der Waals surface area contributed by atoms with E-state index < -0.39 is 0 Å². The van der Waals surface area contributed by atoms with Crippen LogP contribution in [0, 0.1) is 0 Å². The summed E-state index contributed by atoms with van der Waals surface area (Å²) in [6, 6.07) is 9.11. The number of aromatic nitrogens is 2. The second-order valence-corrected chi connectivity index (χ2v) is 6.15. The van der Waals surface area contributed by atoms with Crippen LogP contribution >= 0.6 is 15.9 Å². The van der Waals surface area contributed by atoms with Gasteiger partial charge < -0.3 is 10.2 Å². The molecule has 1 saturated heterocycles. The van der Waals surface area contributed by atoms with Crippen LogP contribution < -0.4 is 10.2 Å². The number of carbonyl (C=O) groups excluding carboxylic acids is 1. The minimum absolute atomic E-state index is 0.103. The molecule has 1 aliphatic rings. The van der Waals surface area contributed by atoms with Crippen LogP contribution in [-0.4, -0.2) is 29.0 Å². The summed E-state index contributed by atoms with van der Waals surface area (Å²) in [5.41, 5.74) is 1.46. The van der Waals surface area contributed by atoms with Gasteiger partial charge in [-0.3, -0.25) is 4.79 Å². The Bertz CT molecular complexity index is 653. The van der Waals surface area contributed by atoms with Gasteiger partial charge in [0.25, 0.3) is 5.91 Å². The summed E-state index contributed by atoms with van der Waals surface area (Å²) >= 11 is 3.36. The fourth-order valence-electron chi connectivity index (χ4n) is 2.43. The summed E-state index contributed by atoms with van der Waals surface area (Å²) in [7, 11) is 0. The summed E-state index contributed by atoms with van der Waals surface area (Å²) in [6.45, 7) is 2.42. The maximum absolute atomic E-state index is 12.1. The van der Waals surface area contributed by atoms with Gasteiger partial charge in [0.1, 0.15) is 0 Å². The van der Waals surface area contributed by atoms with Crippen LogP contribution in [0.3, 0.4) is 0 Å². The molecule has 2 aromatic rings. The smallest absolute Gasteiger partial charge is 0.251 e. The molecule has 0 bridgehead atoms. The second kappa shape index (κ2) is 6.87. The largest absolute Gasteiger partial charge is 0.346 e. The number of benzene rings is 1. The Morgan fingerprint density at radius 3 is 2.64 bits per heavy atom. The van der Waals surface area contributed by atoms with Crippen LogP contribution in [0.25, 0.3) is 0 Å². The molecule has 22 heavy (non-hydrogen) atoms. The zero-order chi connectivity index (χ0) is 15.4. The molecule has 1 N–H and O–H groups in total. The minimum Gasteiger partial charge on any atom is -0.346 e. The normalized spacial score (nSPS) is 14.1. The second-order valence-electron chi connectivity index (χ2n) is 5.23. The number of halogens is 1. The van der Waals surface area contributed by atoms with E-state index in [0.717, 1.165) is 29.2 Å². The Kier molecular flexibility index (Phi) is 4.68. The average Bonchev–Trinajstić information content (AvgIpc) is 3.08. The molecule has 1 aromatic carbocycles. The standard InChI is InChI=1S/C16H17BrN4O/c17-13-5-3-12(4-6-13)15(22)19-11-14-7-8-18-16(20-14)21-9-1-2-10-21/h3-8H,1-2,9-11H2,(H,19,22). The molecule has 0 radical (unpaired) electrons. The number of carbonyl (C=O) groups is 1. The van der Waals surface area contributed by atoms with E-state index in [9.17, 15) is 4.79 Å². The molecule has 1 aromatic heterocycles. The highest BCUT2D eigenvalue weighted by Crippen LogP contribution is 2.15. The van der Waals surface area contributed by atoms with Gasteiger partial charge >= 0.3 is 0 Å². The summed E-state index contributed by atoms with van der Waals surface area (Å²) in [5, 5.41) is 2.89. The number of hydrogen-bond donors (Lipinski definition) is 1. The van der Waals surface area contributed by atoms with E-state index in [4.69, 9.17) is 0 Å². The number of nitrogens with zero attached hydrogens (tertiary/aromatic N) is 3. The molecule has 114 valence electrons. The SMILES string of the molecule is O=C(NCc1ccnc(N2CCCC2)n1)c1ccc(Br)cc1. The van der Waals surface area contributed by atoms with Gasteiger partial charge in [0, 0.05) is 29.3 Å². The zero-order valence-electron chi connectivity index (χ0n) is 12.1. The predicted octanol–water partition coefficient (Wildman–Crippen LogP) is 2.77. The highest BCUT2D eigenvalue weighted by molar-refractivity contribution is 9.10. The molecule has 0 saturated carbocycles. The lowest BCUT2D eigenvalue weighted by Crippen LogP contribution is -2.25. The average molecular weight is 361 g/mol. The number of rotatable bonds is 4. The third kappa shape index (κ3) is 3.62. The first-order chi connectivity index (χ1) is 10.7. The molecule has 0 unspecified atom stereocenters. The molecule has 1 aliphatic heterocycles. The molecule has 3 rings (SSSR count). The van der Waals surface area contributed by atoms with E-state index in [1.54, 1.807) is 18.3 Å². The summed E-state index contributed by atoms with van der Waals surface area (Å²) in [4.78, 5) is 23.1. The maximum atomic E-state index is 12.1. The lowest BCUT2D eigenvalue weighted by molar-refractivity contribution is 0.0950. The van der Waals surface area contributed by atoms with E-state index in [2.05, 4.69) is 36.1 Å². The maximum Gasteiger partial charge on any atom is 0.251 e. The van der Waals surface area contributed by atoms with Crippen molar-refractivity contribution in [3.05, 3.63) is 52.3 Å². The fraction of sp³-hybridized carbons (Fsp3) is 0.312. The molecule has 1 fully saturated rings. The van der Waals surface area contributed by atoms with Gasteiger partial charge in [-0.05, 0) is 43.2 Å². The van der Waals surface area contributed by atoms with Crippen LogP contribution in [0.1, 0.15) is 28.9 Å². The number of hydrogen-bond acceptors (Lipinski definition) is 4. The van der Waals surface area contributed by atoms with Crippen LogP contribution in [0.5, 0.6) is 0 Å². The Balaban J connectivity index is 1.62. The monoisotopic (exact) mass is 360 g/mol. The van der Waals surface area contributed by atoms with Crippen molar-refractivity contribution in [1.29, 1.82) is 0 Å². The first-order valence-corrected chi connectivity index (χ1v) is 8.12. The Labute approximate surface area is 137 Å². The number of anilines is 1. The number of nitrogens with one attached hydrogen (secondary N) is 1. The Morgan fingerprint density at radius 2 is 1.91 bits per heavy atom. The van der Waals surface area contributed by atoms with E-state index >= 15 is 0 Å². The quantitative estimate of drug-likeness (QED) is 0.910. The molecular weight excluding hydrogens is 344 g/mol. The van der Waals surface area contributed by atoms with Crippen LogP contribution in [-0.2, 0) is 6.54 Å². The van der Waals surface area contributed by atoms with Gasteiger partial charge in [-0.2, -0.15) is 0 Å². The molecular formula is C16H17BrN4O. The van der Waals surface area contributed by atoms with Gasteiger partial charge in [-0.1, -0.05) is 15.9 Å². The molecule has 0 spiro atoms. The first kappa shape index (κ1) is 15.0. The van der Waals surface area contributed by atoms with Crippen molar-refractivity contribution < 1.29 is 4.79 Å². The molecule has 5 nitrogen and oxygen atoms in total. The van der Waals surface area contributed by atoms with Crippen molar-refractivity contribution in [3.8, 4) is 0 Å². The Hall–Kier alpha value is -1.95. The van der Waals surface area contributed by atoms with Gasteiger partial charge in [-0.25, -0.2) is 9.97 Å². The third-order valence-corrected chi connectivity index (χ3v) is 4.15. The molecule has 0 aliphatic carbocycles. The van der Waals surface area contributed by atoms with Crippen molar-refractivity contribution in [2.75, 3.05) is 18.0 Å². The first-order valence-electron chi connectivity index (χ1n) is 7.33. The van der Waals surface area contributed by atoms with E-state index in [-0.39, 0.29) is 5.91 Å². The molecule has 6 heteroatoms. The highest BCUT2D eigenvalue weighted by atomic mass is 79.9. The summed E-state index contributed by atoms with van der Waals surface area (Å²) in [5.74, 6) is 0.654. The fourth-order valence-corrected chi connectivity index (χ4v) is 2.69. The molecule has 0 atom stereocenters. The van der Waals surface area contributed by atoms with Crippen LogP contribution in [0.2, 0.25) is 0 Å². The van der Waals surface area contributed by atoms with E-state index in [1.807, 2.05) is 18.2 Å². The van der Waals surface area contributed by atoms with Crippen molar-refractivity contribution >= 4 is 27.8 Å². The van der Waals surface area contributed by atoms with Crippen molar-refractivity contribution in [2.45, 2.75) is 19.4 Å².